The fourth-order valence-corrected chi connectivity index (χ4v) is 4.26. The first kappa shape index (κ1) is 21.9. The molecule has 0 N–H and O–H groups in total. The first-order valence-corrected chi connectivity index (χ1v) is 10.5. The molecule has 0 radical (unpaired) electrons. The Bertz CT molecular complexity index is 1050. The number of carbonyl (C=O) groups excluding carboxylic acids is 1. The quantitative estimate of drug-likeness (QED) is 0.540. The molecule has 1 aliphatic rings. The molecule has 4 rings (SSSR count). The fourth-order valence-electron chi connectivity index (χ4n) is 4.26. The molecule has 0 bridgehead atoms. The van der Waals surface area contributed by atoms with E-state index < -0.39 is 11.7 Å². The van der Waals surface area contributed by atoms with Crippen LogP contribution in [0.1, 0.15) is 29.8 Å². The van der Waals surface area contributed by atoms with Crippen molar-refractivity contribution >= 4 is 11.7 Å². The summed E-state index contributed by atoms with van der Waals surface area (Å²) < 4.78 is 38.3. The highest BCUT2D eigenvalue weighted by atomic mass is 19.4. The van der Waals surface area contributed by atoms with Gasteiger partial charge in [0.25, 0.3) is 5.91 Å². The molecule has 0 spiro atoms. The summed E-state index contributed by atoms with van der Waals surface area (Å²) in [6.45, 7) is 5.44. The van der Waals surface area contributed by atoms with E-state index in [0.717, 1.165) is 23.5 Å². The van der Waals surface area contributed by atoms with Gasteiger partial charge < -0.3 is 9.80 Å². The molecule has 1 aromatic heterocycles. The molecule has 32 heavy (non-hydrogen) atoms. The molecule has 0 aliphatic carbocycles. The second-order valence-electron chi connectivity index (χ2n) is 8.16. The van der Waals surface area contributed by atoms with Crippen molar-refractivity contribution in [1.29, 1.82) is 0 Å². The van der Waals surface area contributed by atoms with Gasteiger partial charge in [-0.1, -0.05) is 30.3 Å². The number of aromatic nitrogens is 1. The van der Waals surface area contributed by atoms with Crippen molar-refractivity contribution in [3.63, 3.8) is 0 Å². The number of benzene rings is 2. The van der Waals surface area contributed by atoms with Gasteiger partial charge in [-0.15, -0.1) is 0 Å². The highest BCUT2D eigenvalue weighted by Crippen LogP contribution is 2.31. The largest absolute Gasteiger partial charge is 0.416 e. The standard InChI is InChI=1S/C25H24F3N3O/c1-17-15-30(23-5-3-4-14-29-23)16-18(2)31(17)24(32)21-8-6-19(7-9-21)20-10-12-22(13-11-20)25(26,27)28/h3-14,17-18H,15-16H2,1-2H3. The van der Waals surface area contributed by atoms with Gasteiger partial charge in [0.2, 0.25) is 0 Å². The summed E-state index contributed by atoms with van der Waals surface area (Å²) in [4.78, 5) is 21.7. The first-order valence-electron chi connectivity index (χ1n) is 10.5. The van der Waals surface area contributed by atoms with E-state index >= 15 is 0 Å². The number of piperazine rings is 1. The number of rotatable bonds is 3. The molecule has 166 valence electrons. The number of nitrogens with zero attached hydrogens (tertiary/aromatic N) is 3. The third kappa shape index (κ3) is 4.47. The predicted molar refractivity (Wildman–Crippen MR) is 118 cm³/mol. The van der Waals surface area contributed by atoms with E-state index in [4.69, 9.17) is 0 Å². The lowest BCUT2D eigenvalue weighted by Crippen LogP contribution is -2.58. The average Bonchev–Trinajstić information content (AvgIpc) is 2.79. The van der Waals surface area contributed by atoms with Gasteiger partial charge in [-0.3, -0.25) is 4.79 Å². The number of anilines is 1. The molecule has 1 saturated heterocycles. The van der Waals surface area contributed by atoms with Crippen LogP contribution in [0.15, 0.2) is 72.9 Å². The number of amides is 1. The van der Waals surface area contributed by atoms with Gasteiger partial charge in [-0.25, -0.2) is 4.98 Å². The molecule has 0 saturated carbocycles. The maximum Gasteiger partial charge on any atom is 0.416 e. The van der Waals surface area contributed by atoms with E-state index in [0.29, 0.717) is 24.2 Å². The maximum absolute atomic E-state index is 13.2. The van der Waals surface area contributed by atoms with E-state index in [9.17, 15) is 18.0 Å². The highest BCUT2D eigenvalue weighted by Gasteiger charge is 2.34. The normalized spacial score (nSPS) is 19.2. The van der Waals surface area contributed by atoms with Crippen LogP contribution in [-0.4, -0.2) is 41.0 Å². The van der Waals surface area contributed by atoms with Gasteiger partial charge in [0, 0.05) is 36.9 Å². The smallest absolute Gasteiger partial charge is 0.353 e. The second-order valence-corrected chi connectivity index (χ2v) is 8.16. The molecule has 3 aromatic rings. The van der Waals surface area contributed by atoms with Crippen LogP contribution in [0.3, 0.4) is 0 Å². The van der Waals surface area contributed by atoms with Crippen LogP contribution in [0.5, 0.6) is 0 Å². The lowest BCUT2D eigenvalue weighted by molar-refractivity contribution is -0.137. The first-order chi connectivity index (χ1) is 15.2. The molecule has 4 nitrogen and oxygen atoms in total. The second kappa shape index (κ2) is 8.65. The summed E-state index contributed by atoms with van der Waals surface area (Å²) in [5.74, 6) is 0.851. The third-order valence-corrected chi connectivity index (χ3v) is 5.80. The summed E-state index contributed by atoms with van der Waals surface area (Å²) >= 11 is 0. The Kier molecular flexibility index (Phi) is 5.91. The van der Waals surface area contributed by atoms with Crippen LogP contribution in [0.25, 0.3) is 11.1 Å². The molecule has 1 aliphatic heterocycles. The number of carbonyl (C=O) groups is 1. The molecular weight excluding hydrogens is 415 g/mol. The zero-order valence-electron chi connectivity index (χ0n) is 17.9. The topological polar surface area (TPSA) is 36.4 Å². The molecule has 2 heterocycles. The van der Waals surface area contributed by atoms with E-state index in [1.807, 2.05) is 36.9 Å². The zero-order chi connectivity index (χ0) is 22.9. The van der Waals surface area contributed by atoms with Gasteiger partial charge in [-0.2, -0.15) is 13.2 Å². The SMILES string of the molecule is CC1CN(c2ccccn2)CC(C)N1C(=O)c1ccc(-c2ccc(C(F)(F)F)cc2)cc1. The summed E-state index contributed by atoms with van der Waals surface area (Å²) in [7, 11) is 0. The van der Waals surface area contributed by atoms with Crippen molar-refractivity contribution in [2.24, 2.45) is 0 Å². The molecular formula is C25H24F3N3O. The molecule has 1 amide bonds. The molecule has 2 aromatic carbocycles. The Morgan fingerprint density at radius 1 is 0.875 bits per heavy atom. The molecule has 7 heteroatoms. The lowest BCUT2D eigenvalue weighted by Gasteiger charge is -2.45. The van der Waals surface area contributed by atoms with Crippen molar-refractivity contribution in [3.8, 4) is 11.1 Å². The summed E-state index contributed by atoms with van der Waals surface area (Å²) in [6, 6.07) is 17.9. The number of halogens is 3. The molecule has 2 atom stereocenters. The van der Waals surface area contributed by atoms with Crippen LogP contribution in [0.4, 0.5) is 19.0 Å². The monoisotopic (exact) mass is 439 g/mol. The van der Waals surface area contributed by atoms with E-state index in [1.54, 1.807) is 30.5 Å². The van der Waals surface area contributed by atoms with Crippen LogP contribution in [0.2, 0.25) is 0 Å². The van der Waals surface area contributed by atoms with Crippen molar-refractivity contribution in [2.75, 3.05) is 18.0 Å². The molecule has 2 unspecified atom stereocenters. The van der Waals surface area contributed by atoms with Gasteiger partial charge in [0.1, 0.15) is 5.82 Å². The fraction of sp³-hybridized carbons (Fsp3) is 0.280. The van der Waals surface area contributed by atoms with Crippen LogP contribution in [-0.2, 0) is 6.18 Å². The summed E-state index contributed by atoms with van der Waals surface area (Å²) in [6.07, 6.45) is -2.59. The minimum Gasteiger partial charge on any atom is -0.353 e. The number of hydrogen-bond donors (Lipinski definition) is 0. The van der Waals surface area contributed by atoms with Crippen molar-refractivity contribution < 1.29 is 18.0 Å². The Hall–Kier alpha value is -3.35. The Labute approximate surface area is 185 Å². The number of alkyl halides is 3. The minimum atomic E-state index is -4.36. The number of pyridine rings is 1. The van der Waals surface area contributed by atoms with Crippen LogP contribution in [0, 0.1) is 0 Å². The third-order valence-electron chi connectivity index (χ3n) is 5.80. The average molecular weight is 439 g/mol. The number of hydrogen-bond acceptors (Lipinski definition) is 3. The van der Waals surface area contributed by atoms with Gasteiger partial charge in [0.05, 0.1) is 5.56 Å². The van der Waals surface area contributed by atoms with Crippen molar-refractivity contribution in [3.05, 3.63) is 84.1 Å². The van der Waals surface area contributed by atoms with Crippen LogP contribution >= 0.6 is 0 Å². The maximum atomic E-state index is 13.2. The minimum absolute atomic E-state index is 0.00263. The zero-order valence-corrected chi connectivity index (χ0v) is 17.9. The van der Waals surface area contributed by atoms with Gasteiger partial charge >= 0.3 is 6.18 Å². The Morgan fingerprint density at radius 2 is 1.44 bits per heavy atom. The van der Waals surface area contributed by atoms with E-state index in [1.165, 1.54) is 12.1 Å². The molecule has 1 fully saturated rings. The Balaban J connectivity index is 1.48. The van der Waals surface area contributed by atoms with E-state index in [2.05, 4.69) is 9.88 Å². The van der Waals surface area contributed by atoms with Crippen molar-refractivity contribution in [1.82, 2.24) is 9.88 Å². The predicted octanol–water partition coefficient (Wildman–Crippen LogP) is 5.51. The lowest BCUT2D eigenvalue weighted by atomic mass is 10.0. The van der Waals surface area contributed by atoms with Gasteiger partial charge in [-0.05, 0) is 61.4 Å². The summed E-state index contributed by atoms with van der Waals surface area (Å²) in [5, 5.41) is 0. The summed E-state index contributed by atoms with van der Waals surface area (Å²) in [5.41, 5.74) is 1.31. The van der Waals surface area contributed by atoms with Crippen LogP contribution < -0.4 is 4.90 Å². The highest BCUT2D eigenvalue weighted by molar-refractivity contribution is 5.95. The van der Waals surface area contributed by atoms with Crippen molar-refractivity contribution in [2.45, 2.75) is 32.1 Å². The van der Waals surface area contributed by atoms with E-state index in [-0.39, 0.29) is 18.0 Å². The van der Waals surface area contributed by atoms with Gasteiger partial charge in [0.15, 0.2) is 0 Å². The Morgan fingerprint density at radius 3 is 1.94 bits per heavy atom.